The summed E-state index contributed by atoms with van der Waals surface area (Å²) >= 11 is 0. The van der Waals surface area contributed by atoms with Gasteiger partial charge in [-0.3, -0.25) is 14.4 Å². The lowest BCUT2D eigenvalue weighted by Crippen LogP contribution is -2.39. The second kappa shape index (κ2) is 9.49. The van der Waals surface area contributed by atoms with Crippen molar-refractivity contribution in [2.24, 2.45) is 5.73 Å². The van der Waals surface area contributed by atoms with Crippen molar-refractivity contribution in [3.05, 3.63) is 65.5 Å². The molecule has 0 saturated carbocycles. The number of benzene rings is 2. The average molecular weight is 488 g/mol. The SMILES string of the molecule is CCC(C)Oc1cccc(-n2nc(C(N)=O)c3c2C(=O)N(c2ccc(N4CCCC4=O)cc2)CC3)c1. The zero-order chi connectivity index (χ0) is 25.4. The Morgan fingerprint density at radius 3 is 2.39 bits per heavy atom. The fraction of sp³-hybridized carbons (Fsp3) is 0.333. The fourth-order valence-electron chi connectivity index (χ4n) is 4.73. The van der Waals surface area contributed by atoms with Gasteiger partial charge in [-0.25, -0.2) is 4.68 Å². The van der Waals surface area contributed by atoms with Gasteiger partial charge in [0.1, 0.15) is 11.4 Å². The molecular formula is C27H29N5O4. The van der Waals surface area contributed by atoms with Crippen molar-refractivity contribution in [3.8, 4) is 11.4 Å². The third kappa shape index (κ3) is 4.21. The Morgan fingerprint density at radius 1 is 1.03 bits per heavy atom. The van der Waals surface area contributed by atoms with Crippen molar-refractivity contribution in [2.75, 3.05) is 22.9 Å². The molecule has 9 heteroatoms. The molecule has 0 bridgehead atoms. The maximum atomic E-state index is 13.8. The van der Waals surface area contributed by atoms with Crippen LogP contribution in [0.3, 0.4) is 0 Å². The number of fused-ring (bicyclic) bond motifs is 1. The number of carbonyl (C=O) groups excluding carboxylic acids is 3. The summed E-state index contributed by atoms with van der Waals surface area (Å²) in [6.07, 6.45) is 2.73. The smallest absolute Gasteiger partial charge is 0.277 e. The first kappa shape index (κ1) is 23.6. The van der Waals surface area contributed by atoms with E-state index in [0.29, 0.717) is 54.3 Å². The molecule has 0 radical (unpaired) electrons. The summed E-state index contributed by atoms with van der Waals surface area (Å²) in [5, 5.41) is 4.45. The van der Waals surface area contributed by atoms with E-state index in [4.69, 9.17) is 10.5 Å². The highest BCUT2D eigenvalue weighted by Crippen LogP contribution is 2.31. The molecule has 3 aromatic rings. The largest absolute Gasteiger partial charge is 0.491 e. The van der Waals surface area contributed by atoms with E-state index in [0.717, 1.165) is 18.5 Å². The van der Waals surface area contributed by atoms with Crippen molar-refractivity contribution >= 4 is 29.1 Å². The highest BCUT2D eigenvalue weighted by molar-refractivity contribution is 6.09. The molecule has 2 aliphatic heterocycles. The van der Waals surface area contributed by atoms with Gasteiger partial charge in [-0.2, -0.15) is 5.10 Å². The Bertz CT molecular complexity index is 1330. The minimum Gasteiger partial charge on any atom is -0.491 e. The molecule has 3 heterocycles. The number of amides is 3. The summed E-state index contributed by atoms with van der Waals surface area (Å²) in [6.45, 7) is 5.12. The van der Waals surface area contributed by atoms with Crippen molar-refractivity contribution in [1.29, 1.82) is 0 Å². The van der Waals surface area contributed by atoms with Crippen molar-refractivity contribution in [3.63, 3.8) is 0 Å². The topological polar surface area (TPSA) is 111 Å². The first-order valence-corrected chi connectivity index (χ1v) is 12.3. The van der Waals surface area contributed by atoms with Crippen LogP contribution in [0.25, 0.3) is 5.69 Å². The average Bonchev–Trinajstić information content (AvgIpc) is 3.49. The minimum absolute atomic E-state index is 0.0314. The van der Waals surface area contributed by atoms with Crippen molar-refractivity contribution in [2.45, 2.75) is 45.6 Å². The summed E-state index contributed by atoms with van der Waals surface area (Å²) in [6, 6.07) is 14.7. The maximum Gasteiger partial charge on any atom is 0.277 e. The molecular weight excluding hydrogens is 458 g/mol. The highest BCUT2D eigenvalue weighted by Gasteiger charge is 2.35. The predicted octanol–water partition coefficient (Wildman–Crippen LogP) is 3.48. The summed E-state index contributed by atoms with van der Waals surface area (Å²) in [5.74, 6) is -0.171. The molecule has 5 rings (SSSR count). The molecule has 2 aliphatic rings. The second-order valence-corrected chi connectivity index (χ2v) is 9.16. The molecule has 1 unspecified atom stereocenters. The van der Waals surface area contributed by atoms with E-state index < -0.39 is 5.91 Å². The van der Waals surface area contributed by atoms with E-state index in [-0.39, 0.29) is 23.6 Å². The monoisotopic (exact) mass is 487 g/mol. The zero-order valence-corrected chi connectivity index (χ0v) is 20.4. The molecule has 0 spiro atoms. The number of nitrogens with zero attached hydrogens (tertiary/aromatic N) is 4. The van der Waals surface area contributed by atoms with Crippen LogP contribution in [-0.4, -0.2) is 46.7 Å². The van der Waals surface area contributed by atoms with Crippen LogP contribution in [0.2, 0.25) is 0 Å². The Morgan fingerprint density at radius 2 is 1.75 bits per heavy atom. The van der Waals surface area contributed by atoms with Gasteiger partial charge in [0.25, 0.3) is 11.8 Å². The number of hydrogen-bond acceptors (Lipinski definition) is 5. The standard InChI is InChI=1S/C27H29N5O4/c1-3-17(2)36-21-7-4-6-20(16-21)32-25-22(24(29-32)26(28)34)13-15-31(27(25)35)19-11-9-18(10-12-19)30-14-5-8-23(30)33/h4,6-7,9-12,16-17H,3,5,8,13-15H2,1-2H3,(H2,28,34). The lowest BCUT2D eigenvalue weighted by atomic mass is 10.0. The van der Waals surface area contributed by atoms with Gasteiger partial charge in [-0.05, 0) is 62.6 Å². The van der Waals surface area contributed by atoms with E-state index >= 15 is 0 Å². The van der Waals surface area contributed by atoms with Gasteiger partial charge >= 0.3 is 0 Å². The molecule has 1 fully saturated rings. The highest BCUT2D eigenvalue weighted by atomic mass is 16.5. The third-order valence-electron chi connectivity index (χ3n) is 6.77. The zero-order valence-electron chi connectivity index (χ0n) is 20.4. The number of aromatic nitrogens is 2. The first-order valence-electron chi connectivity index (χ1n) is 12.3. The quantitative estimate of drug-likeness (QED) is 0.549. The second-order valence-electron chi connectivity index (χ2n) is 9.16. The number of carbonyl (C=O) groups is 3. The van der Waals surface area contributed by atoms with E-state index in [1.807, 2.05) is 56.3 Å². The van der Waals surface area contributed by atoms with E-state index in [9.17, 15) is 14.4 Å². The third-order valence-corrected chi connectivity index (χ3v) is 6.77. The molecule has 186 valence electrons. The van der Waals surface area contributed by atoms with Gasteiger partial charge in [0.05, 0.1) is 11.8 Å². The van der Waals surface area contributed by atoms with Crippen LogP contribution in [0.1, 0.15) is 59.7 Å². The van der Waals surface area contributed by atoms with E-state index in [1.165, 1.54) is 4.68 Å². The Kier molecular flexibility index (Phi) is 6.22. The molecule has 0 aliphatic carbocycles. The first-order chi connectivity index (χ1) is 17.4. The van der Waals surface area contributed by atoms with Gasteiger partial charge in [-0.15, -0.1) is 0 Å². The van der Waals surface area contributed by atoms with Crippen molar-refractivity contribution < 1.29 is 19.1 Å². The molecule has 2 aromatic carbocycles. The number of ether oxygens (including phenoxy) is 1. The number of rotatable bonds is 7. The summed E-state index contributed by atoms with van der Waals surface area (Å²) in [7, 11) is 0. The lowest BCUT2D eigenvalue weighted by Gasteiger charge is -2.28. The number of anilines is 2. The van der Waals surface area contributed by atoms with Gasteiger partial charge in [0.15, 0.2) is 5.69 Å². The Labute approximate surface area is 209 Å². The number of primary amides is 1. The summed E-state index contributed by atoms with van der Waals surface area (Å²) in [5.41, 5.74) is 8.74. The van der Waals surface area contributed by atoms with Crippen LogP contribution >= 0.6 is 0 Å². The van der Waals surface area contributed by atoms with Crippen molar-refractivity contribution in [1.82, 2.24) is 9.78 Å². The summed E-state index contributed by atoms with van der Waals surface area (Å²) < 4.78 is 7.44. The van der Waals surface area contributed by atoms with Crippen LogP contribution < -0.4 is 20.3 Å². The van der Waals surface area contributed by atoms with Crippen LogP contribution in [-0.2, 0) is 11.2 Å². The minimum atomic E-state index is -0.669. The van der Waals surface area contributed by atoms with E-state index in [2.05, 4.69) is 5.10 Å². The summed E-state index contributed by atoms with van der Waals surface area (Å²) in [4.78, 5) is 41.5. The van der Waals surface area contributed by atoms with Crippen LogP contribution in [0, 0.1) is 0 Å². The Hall–Kier alpha value is -4.14. The molecule has 1 saturated heterocycles. The van der Waals surface area contributed by atoms with E-state index in [1.54, 1.807) is 15.9 Å². The van der Waals surface area contributed by atoms with Gasteiger partial charge in [-0.1, -0.05) is 13.0 Å². The van der Waals surface area contributed by atoms with Crippen LogP contribution in [0.4, 0.5) is 11.4 Å². The molecule has 3 amide bonds. The predicted molar refractivity (Wildman–Crippen MR) is 136 cm³/mol. The van der Waals surface area contributed by atoms with Crippen LogP contribution in [0.15, 0.2) is 48.5 Å². The molecule has 1 atom stereocenters. The van der Waals surface area contributed by atoms with Gasteiger partial charge in [0, 0.05) is 42.5 Å². The number of hydrogen-bond donors (Lipinski definition) is 1. The Balaban J connectivity index is 1.50. The normalized spacial score (nSPS) is 16.3. The fourth-order valence-corrected chi connectivity index (χ4v) is 4.73. The van der Waals surface area contributed by atoms with Crippen LogP contribution in [0.5, 0.6) is 5.75 Å². The lowest BCUT2D eigenvalue weighted by molar-refractivity contribution is -0.117. The molecule has 36 heavy (non-hydrogen) atoms. The molecule has 9 nitrogen and oxygen atoms in total. The number of nitrogens with two attached hydrogens (primary N) is 1. The molecule has 1 aromatic heterocycles. The molecule has 2 N–H and O–H groups in total. The maximum absolute atomic E-state index is 13.8. The van der Waals surface area contributed by atoms with Gasteiger partial charge in [0.2, 0.25) is 5.91 Å². The van der Waals surface area contributed by atoms with Gasteiger partial charge < -0.3 is 20.3 Å².